The van der Waals surface area contributed by atoms with Gasteiger partial charge in [-0.3, -0.25) is 9.10 Å². The molecule has 4 rings (SSSR count). The van der Waals surface area contributed by atoms with Crippen LogP contribution in [-0.4, -0.2) is 46.8 Å². The summed E-state index contributed by atoms with van der Waals surface area (Å²) in [6, 6.07) is 16.6. The summed E-state index contributed by atoms with van der Waals surface area (Å²) < 4.78 is 27.2. The van der Waals surface area contributed by atoms with E-state index in [9.17, 15) is 23.1 Å². The number of fused-ring (bicyclic) bond motifs is 1. The molecule has 0 spiro atoms. The maximum Gasteiger partial charge on any atom is 0.327 e. The predicted octanol–water partition coefficient (Wildman–Crippen LogP) is 4.07. The Hall–Kier alpha value is -3.47. The molecule has 0 amide bonds. The number of hydrogen-bond donors (Lipinski definition) is 1. The number of anilines is 1. The van der Waals surface area contributed by atoms with E-state index in [1.54, 1.807) is 24.3 Å². The molecular weight excluding hydrogens is 527 g/mol. The van der Waals surface area contributed by atoms with E-state index in [0.29, 0.717) is 15.6 Å². The summed E-state index contributed by atoms with van der Waals surface area (Å²) in [6.07, 6.45) is 0.705. The van der Waals surface area contributed by atoms with Crippen LogP contribution in [-0.2, 0) is 21.4 Å². The molecule has 1 heterocycles. The maximum atomic E-state index is 12.8. The Labute approximate surface area is 216 Å². The molecule has 0 fully saturated rings. The van der Waals surface area contributed by atoms with Crippen molar-refractivity contribution in [1.82, 2.24) is 15.0 Å². The third-order valence-corrected chi connectivity index (χ3v) is 7.19. The van der Waals surface area contributed by atoms with Crippen LogP contribution in [0, 0.1) is 0 Å². The maximum absolute atomic E-state index is 12.8. The highest BCUT2D eigenvalue weighted by Gasteiger charge is 2.33. The summed E-state index contributed by atoms with van der Waals surface area (Å²) in [7, 11) is -4.00. The number of aliphatic carboxylic acids is 1. The third-order valence-electron chi connectivity index (χ3n) is 5.52. The molecule has 3 aromatic carbocycles. The first-order chi connectivity index (χ1) is 17.0. The van der Waals surface area contributed by atoms with Crippen molar-refractivity contribution in [2.45, 2.75) is 19.0 Å². The summed E-state index contributed by atoms with van der Waals surface area (Å²) in [6.45, 7) is -0.170. The number of carbonyl (C=O) groups is 1. The standard InChI is InChI=1S/C24H20Cl2N4O5S/c1-36(34,35)30(19-9-4-16(5-10-19)15-2-6-17(25)7-3-15)22(24(32)33)12-13-29-23(31)20-11-8-18(26)14-21(20)27-28-29/h2-11,14,22H,12-13H2,1H3,(H,32,33). The van der Waals surface area contributed by atoms with Crippen LogP contribution in [0.1, 0.15) is 6.42 Å². The molecule has 1 aromatic heterocycles. The third kappa shape index (κ3) is 5.51. The quantitative estimate of drug-likeness (QED) is 0.353. The van der Waals surface area contributed by atoms with E-state index in [2.05, 4.69) is 10.3 Å². The Bertz CT molecular complexity index is 1590. The van der Waals surface area contributed by atoms with E-state index in [4.69, 9.17) is 23.2 Å². The number of nitrogens with zero attached hydrogens (tertiary/aromatic N) is 4. The number of aromatic nitrogens is 3. The van der Waals surface area contributed by atoms with Gasteiger partial charge in [-0.25, -0.2) is 17.9 Å². The molecule has 0 saturated heterocycles. The number of aryl methyl sites for hydroxylation is 1. The molecule has 12 heteroatoms. The molecular formula is C24H20Cl2N4O5S. The van der Waals surface area contributed by atoms with Gasteiger partial charge in [-0.05, 0) is 60.0 Å². The summed E-state index contributed by atoms with van der Waals surface area (Å²) in [5.74, 6) is -1.37. The smallest absolute Gasteiger partial charge is 0.327 e. The monoisotopic (exact) mass is 546 g/mol. The van der Waals surface area contributed by atoms with Gasteiger partial charge in [-0.1, -0.05) is 52.7 Å². The van der Waals surface area contributed by atoms with Crippen molar-refractivity contribution in [3.05, 3.63) is 87.1 Å². The molecule has 4 aromatic rings. The number of sulfonamides is 1. The minimum Gasteiger partial charge on any atom is -0.480 e. The van der Waals surface area contributed by atoms with Gasteiger partial charge in [0, 0.05) is 16.6 Å². The van der Waals surface area contributed by atoms with Gasteiger partial charge < -0.3 is 5.11 Å². The lowest BCUT2D eigenvalue weighted by Gasteiger charge is -2.29. The zero-order valence-electron chi connectivity index (χ0n) is 18.9. The molecule has 0 aliphatic heterocycles. The van der Waals surface area contributed by atoms with Crippen molar-refractivity contribution >= 4 is 55.8 Å². The summed E-state index contributed by atoms with van der Waals surface area (Å²) in [5.41, 5.74) is 1.65. The first kappa shape index (κ1) is 25.6. The normalized spacial score (nSPS) is 12.4. The van der Waals surface area contributed by atoms with Gasteiger partial charge in [-0.15, -0.1) is 5.10 Å². The number of rotatable bonds is 8. The van der Waals surface area contributed by atoms with Crippen molar-refractivity contribution in [2.75, 3.05) is 10.6 Å². The van der Waals surface area contributed by atoms with Gasteiger partial charge >= 0.3 is 5.97 Å². The van der Waals surface area contributed by atoms with Crippen LogP contribution in [0.2, 0.25) is 10.0 Å². The zero-order valence-corrected chi connectivity index (χ0v) is 21.2. The molecule has 186 valence electrons. The van der Waals surface area contributed by atoms with Crippen molar-refractivity contribution in [3.8, 4) is 11.1 Å². The van der Waals surface area contributed by atoms with Gasteiger partial charge in [0.1, 0.15) is 11.6 Å². The van der Waals surface area contributed by atoms with Crippen LogP contribution in [0.4, 0.5) is 5.69 Å². The molecule has 0 aliphatic rings. The average Bonchev–Trinajstić information content (AvgIpc) is 2.82. The van der Waals surface area contributed by atoms with Crippen LogP contribution >= 0.6 is 23.2 Å². The Kier molecular flexibility index (Phi) is 7.30. The molecule has 0 radical (unpaired) electrons. The number of benzene rings is 3. The van der Waals surface area contributed by atoms with Gasteiger partial charge in [0.2, 0.25) is 10.0 Å². The number of halogens is 2. The molecule has 0 bridgehead atoms. The van der Waals surface area contributed by atoms with E-state index in [1.807, 2.05) is 12.1 Å². The van der Waals surface area contributed by atoms with E-state index in [1.165, 1.54) is 30.3 Å². The highest BCUT2D eigenvalue weighted by molar-refractivity contribution is 7.92. The summed E-state index contributed by atoms with van der Waals surface area (Å²) in [4.78, 5) is 25.0. The minimum absolute atomic E-state index is 0.170. The van der Waals surface area contributed by atoms with Crippen LogP contribution in [0.15, 0.2) is 71.5 Å². The fourth-order valence-electron chi connectivity index (χ4n) is 3.83. The van der Waals surface area contributed by atoms with Crippen LogP contribution < -0.4 is 9.86 Å². The molecule has 1 N–H and O–H groups in total. The SMILES string of the molecule is CS(=O)(=O)N(c1ccc(-c2ccc(Cl)cc2)cc1)C(CCn1nnc2cc(Cl)ccc2c1=O)C(=O)O. The van der Waals surface area contributed by atoms with E-state index in [-0.39, 0.29) is 24.0 Å². The zero-order chi connectivity index (χ0) is 26.0. The van der Waals surface area contributed by atoms with Gasteiger partial charge in [0.05, 0.1) is 17.3 Å². The second-order valence-corrected chi connectivity index (χ2v) is 10.8. The van der Waals surface area contributed by atoms with Gasteiger partial charge in [-0.2, -0.15) is 0 Å². The molecule has 1 atom stereocenters. The van der Waals surface area contributed by atoms with Crippen molar-refractivity contribution in [3.63, 3.8) is 0 Å². The second-order valence-electron chi connectivity index (χ2n) is 8.03. The lowest BCUT2D eigenvalue weighted by Crippen LogP contribution is -2.46. The highest BCUT2D eigenvalue weighted by atomic mass is 35.5. The fourth-order valence-corrected chi connectivity index (χ4v) is 5.28. The fraction of sp³-hybridized carbons (Fsp3) is 0.167. The molecule has 1 unspecified atom stereocenters. The second kappa shape index (κ2) is 10.3. The van der Waals surface area contributed by atoms with E-state index < -0.39 is 27.6 Å². The Morgan fingerprint density at radius 2 is 1.58 bits per heavy atom. The molecule has 36 heavy (non-hydrogen) atoms. The topological polar surface area (TPSA) is 122 Å². The minimum atomic E-state index is -4.00. The van der Waals surface area contributed by atoms with Gasteiger partial charge in [0.25, 0.3) is 5.56 Å². The van der Waals surface area contributed by atoms with Crippen LogP contribution in [0.3, 0.4) is 0 Å². The molecule has 0 saturated carbocycles. The molecule has 0 aliphatic carbocycles. The van der Waals surface area contributed by atoms with Crippen LogP contribution in [0.25, 0.3) is 22.0 Å². The number of carboxylic acid groups (broad SMARTS) is 1. The van der Waals surface area contributed by atoms with E-state index >= 15 is 0 Å². The Morgan fingerprint density at radius 1 is 1.00 bits per heavy atom. The first-order valence-corrected chi connectivity index (χ1v) is 13.3. The lowest BCUT2D eigenvalue weighted by molar-refractivity contribution is -0.138. The lowest BCUT2D eigenvalue weighted by atomic mass is 10.1. The first-order valence-electron chi connectivity index (χ1n) is 10.7. The summed E-state index contributed by atoms with van der Waals surface area (Å²) >= 11 is 11.9. The predicted molar refractivity (Wildman–Crippen MR) is 139 cm³/mol. The number of carboxylic acids is 1. The van der Waals surface area contributed by atoms with Crippen molar-refractivity contribution < 1.29 is 18.3 Å². The van der Waals surface area contributed by atoms with Crippen molar-refractivity contribution in [2.24, 2.45) is 0 Å². The molecule has 9 nitrogen and oxygen atoms in total. The summed E-state index contributed by atoms with van der Waals surface area (Å²) in [5, 5.41) is 19.0. The number of hydrogen-bond acceptors (Lipinski definition) is 6. The average molecular weight is 547 g/mol. The van der Waals surface area contributed by atoms with Crippen LogP contribution in [0.5, 0.6) is 0 Å². The Balaban J connectivity index is 1.64. The Morgan fingerprint density at radius 3 is 2.17 bits per heavy atom. The largest absolute Gasteiger partial charge is 0.480 e. The van der Waals surface area contributed by atoms with E-state index in [0.717, 1.165) is 26.4 Å². The van der Waals surface area contributed by atoms with Gasteiger partial charge in [0.15, 0.2) is 0 Å². The van der Waals surface area contributed by atoms with Crippen molar-refractivity contribution in [1.29, 1.82) is 0 Å². The highest BCUT2D eigenvalue weighted by Crippen LogP contribution is 2.28.